The number of fused-ring (bicyclic) bond motifs is 1. The van der Waals surface area contributed by atoms with Crippen molar-refractivity contribution in [2.45, 2.75) is 6.54 Å². The first-order chi connectivity index (χ1) is 10.3. The highest BCUT2D eigenvalue weighted by molar-refractivity contribution is 5.95. The number of hydrogen-bond acceptors (Lipinski definition) is 2. The molecule has 112 valence electrons. The zero-order chi connectivity index (χ0) is 14.7. The molecule has 0 spiro atoms. The fourth-order valence-electron chi connectivity index (χ4n) is 2.38. The van der Waals surface area contributed by atoms with E-state index in [1.807, 2.05) is 47.2 Å². The first-order valence-electron chi connectivity index (χ1n) is 6.82. The summed E-state index contributed by atoms with van der Waals surface area (Å²) in [6.45, 7) is 0.327. The number of Topliss-reactive ketones (excluding diaryl/α,β-unsaturated/α-hetero) is 1. The monoisotopic (exact) mass is 357 g/mol. The molecule has 3 aromatic rings. The molecule has 0 unspecified atom stereocenters. The molecule has 0 radical (unpaired) electrons. The Morgan fingerprint density at radius 3 is 2.41 bits per heavy atom. The number of ether oxygens (including phenoxy) is 1. The Morgan fingerprint density at radius 2 is 1.68 bits per heavy atom. The van der Waals surface area contributed by atoms with Gasteiger partial charge in [-0.05, 0) is 36.4 Å². The standard InChI is InChI=1S/C18H16NO2.BrH/c1-21-16-10-8-15(9-11-16)18(20)13-19-12-4-6-14-5-2-3-7-17(14)19;/h2-12H,13H2,1H3;1H/q+1;/p-1. The number of carbonyl (C=O) groups excluding carboxylic acids is 1. The number of pyridine rings is 1. The van der Waals surface area contributed by atoms with E-state index in [0.29, 0.717) is 12.1 Å². The van der Waals surface area contributed by atoms with E-state index in [2.05, 4.69) is 0 Å². The summed E-state index contributed by atoms with van der Waals surface area (Å²) in [6.07, 6.45) is 1.93. The van der Waals surface area contributed by atoms with E-state index in [1.165, 1.54) is 0 Å². The third-order valence-corrected chi connectivity index (χ3v) is 3.51. The Kier molecular flexibility index (Phi) is 5.28. The molecule has 4 heteroatoms. The molecule has 0 aliphatic carbocycles. The van der Waals surface area contributed by atoms with Gasteiger partial charge in [-0.1, -0.05) is 12.1 Å². The third-order valence-electron chi connectivity index (χ3n) is 3.51. The topological polar surface area (TPSA) is 30.2 Å². The van der Waals surface area contributed by atoms with E-state index in [4.69, 9.17) is 4.74 Å². The molecule has 0 fully saturated rings. The number of para-hydroxylation sites is 1. The maximum atomic E-state index is 12.4. The van der Waals surface area contributed by atoms with Crippen molar-refractivity contribution in [3.63, 3.8) is 0 Å². The highest BCUT2D eigenvalue weighted by atomic mass is 79.9. The number of ketones is 1. The van der Waals surface area contributed by atoms with Crippen LogP contribution < -0.4 is 26.3 Å². The maximum absolute atomic E-state index is 12.4. The summed E-state index contributed by atoms with van der Waals surface area (Å²) in [7, 11) is 1.61. The van der Waals surface area contributed by atoms with Gasteiger partial charge in [0.25, 0.3) is 0 Å². The molecule has 3 nitrogen and oxygen atoms in total. The lowest BCUT2D eigenvalue weighted by Crippen LogP contribution is -3.00. The van der Waals surface area contributed by atoms with Gasteiger partial charge in [0.15, 0.2) is 6.20 Å². The number of rotatable bonds is 4. The molecular weight excluding hydrogens is 342 g/mol. The van der Waals surface area contributed by atoms with Gasteiger partial charge in [-0.2, -0.15) is 4.57 Å². The first kappa shape index (κ1) is 16.2. The smallest absolute Gasteiger partial charge is 0.227 e. The normalized spacial score (nSPS) is 10.0. The summed E-state index contributed by atoms with van der Waals surface area (Å²) >= 11 is 0. The summed E-state index contributed by atoms with van der Waals surface area (Å²) in [5.41, 5.74) is 1.75. The first-order valence-corrected chi connectivity index (χ1v) is 6.82. The summed E-state index contributed by atoms with van der Waals surface area (Å²) in [5, 5.41) is 1.13. The fourth-order valence-corrected chi connectivity index (χ4v) is 2.38. The second-order valence-corrected chi connectivity index (χ2v) is 4.85. The molecule has 0 N–H and O–H groups in total. The molecule has 3 rings (SSSR count). The van der Waals surface area contributed by atoms with Crippen molar-refractivity contribution in [2.24, 2.45) is 0 Å². The van der Waals surface area contributed by atoms with Crippen molar-refractivity contribution in [2.75, 3.05) is 7.11 Å². The van der Waals surface area contributed by atoms with Gasteiger partial charge in [-0.25, -0.2) is 0 Å². The van der Waals surface area contributed by atoms with Crippen molar-refractivity contribution in [3.8, 4) is 5.75 Å². The SMILES string of the molecule is COc1ccc(C(=O)C[n+]2cccc3ccccc32)cc1.[Br-]. The zero-order valence-corrected chi connectivity index (χ0v) is 13.8. The minimum absolute atomic E-state index is 0. The van der Waals surface area contributed by atoms with Crippen LogP contribution in [0.15, 0.2) is 66.9 Å². The molecule has 1 aromatic heterocycles. The van der Waals surface area contributed by atoms with Crippen molar-refractivity contribution < 1.29 is 31.1 Å². The molecule has 0 saturated carbocycles. The molecule has 0 amide bonds. The van der Waals surface area contributed by atoms with Crippen LogP contribution in [0.2, 0.25) is 0 Å². The Labute approximate surface area is 139 Å². The number of benzene rings is 2. The minimum atomic E-state index is 0. The Bertz CT molecular complexity index is 779. The van der Waals surface area contributed by atoms with E-state index < -0.39 is 0 Å². The van der Waals surface area contributed by atoms with Gasteiger partial charge in [-0.15, -0.1) is 0 Å². The summed E-state index contributed by atoms with van der Waals surface area (Å²) in [6, 6.07) is 19.3. The molecule has 0 bridgehead atoms. The maximum Gasteiger partial charge on any atom is 0.227 e. The van der Waals surface area contributed by atoms with Crippen LogP contribution in [0.25, 0.3) is 10.9 Å². The Morgan fingerprint density at radius 1 is 1.00 bits per heavy atom. The number of hydrogen-bond donors (Lipinski definition) is 0. The fraction of sp³-hybridized carbons (Fsp3) is 0.111. The number of methoxy groups -OCH3 is 1. The number of halogens is 1. The largest absolute Gasteiger partial charge is 1.00 e. The molecular formula is C18H16BrNO2. The third kappa shape index (κ3) is 3.34. The molecule has 0 atom stereocenters. The van der Waals surface area contributed by atoms with Crippen LogP contribution in [0, 0.1) is 0 Å². The number of aromatic nitrogens is 1. The summed E-state index contributed by atoms with van der Waals surface area (Å²) in [5.74, 6) is 0.836. The van der Waals surface area contributed by atoms with E-state index in [-0.39, 0.29) is 22.8 Å². The zero-order valence-electron chi connectivity index (χ0n) is 12.2. The van der Waals surface area contributed by atoms with Crippen LogP contribution in [0.4, 0.5) is 0 Å². The van der Waals surface area contributed by atoms with Crippen molar-refractivity contribution in [1.29, 1.82) is 0 Å². The van der Waals surface area contributed by atoms with Gasteiger partial charge in [0.1, 0.15) is 5.75 Å². The van der Waals surface area contributed by atoms with Crippen LogP contribution in [0.1, 0.15) is 10.4 Å². The number of nitrogens with zero attached hydrogens (tertiary/aromatic N) is 1. The molecule has 0 aliphatic rings. The second-order valence-electron chi connectivity index (χ2n) is 4.85. The Hall–Kier alpha value is -2.20. The van der Waals surface area contributed by atoms with Crippen LogP contribution in [0.3, 0.4) is 0 Å². The van der Waals surface area contributed by atoms with Crippen molar-refractivity contribution in [3.05, 3.63) is 72.4 Å². The van der Waals surface area contributed by atoms with E-state index in [0.717, 1.165) is 16.7 Å². The summed E-state index contributed by atoms with van der Waals surface area (Å²) in [4.78, 5) is 12.4. The van der Waals surface area contributed by atoms with Gasteiger partial charge < -0.3 is 21.7 Å². The van der Waals surface area contributed by atoms with Crippen molar-refractivity contribution in [1.82, 2.24) is 0 Å². The Balaban J connectivity index is 0.00000176. The number of carbonyl (C=O) groups is 1. The van der Waals surface area contributed by atoms with Gasteiger partial charge in [-0.3, -0.25) is 4.79 Å². The molecule has 1 heterocycles. The van der Waals surface area contributed by atoms with Crippen LogP contribution >= 0.6 is 0 Å². The van der Waals surface area contributed by atoms with Gasteiger partial charge in [0, 0.05) is 23.1 Å². The van der Waals surface area contributed by atoms with E-state index >= 15 is 0 Å². The molecule has 2 aromatic carbocycles. The lowest BCUT2D eigenvalue weighted by Gasteiger charge is -2.03. The average molecular weight is 358 g/mol. The van der Waals surface area contributed by atoms with Crippen LogP contribution in [-0.4, -0.2) is 12.9 Å². The van der Waals surface area contributed by atoms with E-state index in [9.17, 15) is 4.79 Å². The highest BCUT2D eigenvalue weighted by Gasteiger charge is 2.14. The lowest BCUT2D eigenvalue weighted by molar-refractivity contribution is -0.657. The summed E-state index contributed by atoms with van der Waals surface area (Å²) < 4.78 is 7.08. The van der Waals surface area contributed by atoms with Crippen LogP contribution in [0.5, 0.6) is 5.75 Å². The predicted molar refractivity (Wildman–Crippen MR) is 81.5 cm³/mol. The minimum Gasteiger partial charge on any atom is -1.00 e. The van der Waals surface area contributed by atoms with Crippen molar-refractivity contribution >= 4 is 16.7 Å². The molecule has 0 aliphatic heterocycles. The highest BCUT2D eigenvalue weighted by Crippen LogP contribution is 2.12. The van der Waals surface area contributed by atoms with Gasteiger partial charge in [0.05, 0.1) is 7.11 Å². The molecule has 22 heavy (non-hydrogen) atoms. The van der Waals surface area contributed by atoms with Gasteiger partial charge in [0.2, 0.25) is 17.8 Å². The van der Waals surface area contributed by atoms with E-state index in [1.54, 1.807) is 31.4 Å². The lowest BCUT2D eigenvalue weighted by atomic mass is 10.1. The predicted octanol–water partition coefficient (Wildman–Crippen LogP) is 0.0228. The average Bonchev–Trinajstić information content (AvgIpc) is 2.55. The van der Waals surface area contributed by atoms with Crippen LogP contribution in [-0.2, 0) is 6.54 Å². The second kappa shape index (κ2) is 7.18. The quantitative estimate of drug-likeness (QED) is 0.487. The van der Waals surface area contributed by atoms with Gasteiger partial charge >= 0.3 is 0 Å². The molecule has 0 saturated heterocycles.